The van der Waals surface area contributed by atoms with Crippen molar-refractivity contribution in [2.75, 3.05) is 7.11 Å². The van der Waals surface area contributed by atoms with E-state index >= 15 is 0 Å². The van der Waals surface area contributed by atoms with Crippen molar-refractivity contribution in [1.29, 1.82) is 0 Å². The molecule has 1 heterocycles. The van der Waals surface area contributed by atoms with Crippen LogP contribution in [-0.4, -0.2) is 12.2 Å². The van der Waals surface area contributed by atoms with Crippen molar-refractivity contribution in [1.82, 2.24) is 5.10 Å². The zero-order valence-corrected chi connectivity index (χ0v) is 7.99. The Kier molecular flexibility index (Phi) is 2.42. The lowest BCUT2D eigenvalue weighted by Crippen LogP contribution is -2.35. The van der Waals surface area contributed by atoms with Crippen molar-refractivity contribution >= 4 is 22.6 Å². The minimum Gasteiger partial charge on any atom is -0.446 e. The maximum absolute atomic E-state index is 5.00. The minimum atomic E-state index is 0.764. The molecule has 1 rings (SSSR count). The van der Waals surface area contributed by atoms with Gasteiger partial charge in [0.25, 0.3) is 0 Å². The van der Waals surface area contributed by atoms with Gasteiger partial charge in [0, 0.05) is 5.10 Å². The lowest BCUT2D eigenvalue weighted by Gasteiger charge is -1.93. The predicted molar refractivity (Wildman–Crippen MR) is 44.7 cm³/mol. The molecular weight excluding hydrogens is 243 g/mol. The first-order chi connectivity index (χ1) is 4.74. The summed E-state index contributed by atoms with van der Waals surface area (Å²) in [7, 11) is 3.48. The normalized spacial score (nSPS) is 9.50. The lowest BCUT2D eigenvalue weighted by molar-refractivity contribution is -0.735. The second-order valence-corrected chi connectivity index (χ2v) is 2.93. The highest BCUT2D eigenvalue weighted by Gasteiger charge is 2.06. The summed E-state index contributed by atoms with van der Waals surface area (Å²) >= 11 is 2.15. The molecule has 0 unspecified atom stereocenters. The van der Waals surface area contributed by atoms with Gasteiger partial charge in [-0.1, -0.05) is 4.68 Å². The van der Waals surface area contributed by atoms with Crippen LogP contribution in [0.25, 0.3) is 0 Å². The van der Waals surface area contributed by atoms with Crippen LogP contribution < -0.4 is 9.42 Å². The molecule has 0 N–H and O–H groups in total. The number of methoxy groups -OCH3 is 1. The standard InChI is InChI=1S/C6H8IN2O/c1-9-6(10-2)4-3-5(7)8-9/h3-4H,1-2H3/q+1. The molecule has 0 radical (unpaired) electrons. The molecule has 0 aromatic carbocycles. The average molecular weight is 251 g/mol. The van der Waals surface area contributed by atoms with Crippen molar-refractivity contribution < 1.29 is 9.42 Å². The first-order valence-corrected chi connectivity index (χ1v) is 3.89. The summed E-state index contributed by atoms with van der Waals surface area (Å²) in [5, 5.41) is 4.12. The molecule has 0 aliphatic carbocycles. The van der Waals surface area contributed by atoms with Gasteiger partial charge in [-0.05, 0) is 28.7 Å². The van der Waals surface area contributed by atoms with Crippen LogP contribution in [0.4, 0.5) is 0 Å². The maximum atomic E-state index is 5.00. The number of nitrogens with zero attached hydrogens (tertiary/aromatic N) is 2. The van der Waals surface area contributed by atoms with E-state index in [1.807, 2.05) is 19.2 Å². The molecule has 0 spiro atoms. The van der Waals surface area contributed by atoms with E-state index in [1.54, 1.807) is 11.8 Å². The molecule has 0 aliphatic rings. The fraction of sp³-hybridized carbons (Fsp3) is 0.333. The maximum Gasteiger partial charge on any atom is 0.393 e. The molecule has 0 amide bonds. The van der Waals surface area contributed by atoms with Crippen molar-refractivity contribution in [2.24, 2.45) is 7.05 Å². The number of aryl methyl sites for hydroxylation is 1. The third kappa shape index (κ3) is 1.56. The van der Waals surface area contributed by atoms with Gasteiger partial charge in [0.1, 0.15) is 0 Å². The van der Waals surface area contributed by atoms with Gasteiger partial charge in [-0.25, -0.2) is 0 Å². The van der Waals surface area contributed by atoms with Crippen LogP contribution in [0, 0.1) is 3.70 Å². The average Bonchev–Trinajstić information content (AvgIpc) is 1.88. The van der Waals surface area contributed by atoms with Gasteiger partial charge >= 0.3 is 5.88 Å². The summed E-state index contributed by atoms with van der Waals surface area (Å²) in [4.78, 5) is 0. The summed E-state index contributed by atoms with van der Waals surface area (Å²) in [5.74, 6) is 0.764. The van der Waals surface area contributed by atoms with E-state index in [0.717, 1.165) is 9.58 Å². The Morgan fingerprint density at radius 1 is 1.60 bits per heavy atom. The molecule has 3 nitrogen and oxygen atoms in total. The first kappa shape index (κ1) is 7.71. The molecule has 0 fully saturated rings. The summed E-state index contributed by atoms with van der Waals surface area (Å²) in [6.07, 6.45) is 0. The van der Waals surface area contributed by atoms with Gasteiger partial charge in [0.05, 0.1) is 13.2 Å². The molecule has 0 aliphatic heterocycles. The van der Waals surface area contributed by atoms with E-state index in [-0.39, 0.29) is 0 Å². The van der Waals surface area contributed by atoms with Gasteiger partial charge in [0.15, 0.2) is 10.7 Å². The SMILES string of the molecule is COc1ccc(I)n[n+]1C. The molecule has 1 aromatic rings. The number of halogens is 1. The molecule has 54 valence electrons. The van der Waals surface area contributed by atoms with E-state index in [2.05, 4.69) is 27.7 Å². The van der Waals surface area contributed by atoms with E-state index in [4.69, 9.17) is 4.74 Å². The molecule has 0 bridgehead atoms. The summed E-state index contributed by atoms with van der Waals surface area (Å²) < 4.78 is 7.65. The highest BCUT2D eigenvalue weighted by Crippen LogP contribution is 2.02. The van der Waals surface area contributed by atoms with Crippen molar-refractivity contribution in [3.63, 3.8) is 0 Å². The fourth-order valence-corrected chi connectivity index (χ4v) is 1.18. The van der Waals surface area contributed by atoms with Crippen LogP contribution >= 0.6 is 22.6 Å². The minimum absolute atomic E-state index is 0.764. The van der Waals surface area contributed by atoms with E-state index < -0.39 is 0 Å². The number of aromatic nitrogens is 2. The molecule has 10 heavy (non-hydrogen) atoms. The predicted octanol–water partition coefficient (Wildman–Crippen LogP) is 0.519. The van der Waals surface area contributed by atoms with E-state index in [1.165, 1.54) is 0 Å². The summed E-state index contributed by atoms with van der Waals surface area (Å²) in [6, 6.07) is 3.79. The van der Waals surface area contributed by atoms with E-state index in [0.29, 0.717) is 0 Å². The van der Waals surface area contributed by atoms with Crippen LogP contribution in [0.1, 0.15) is 0 Å². The highest BCUT2D eigenvalue weighted by atomic mass is 127. The molecule has 0 saturated heterocycles. The van der Waals surface area contributed by atoms with Gasteiger partial charge in [0.2, 0.25) is 0 Å². The third-order valence-corrected chi connectivity index (χ3v) is 1.71. The monoisotopic (exact) mass is 251 g/mol. The second-order valence-electron chi connectivity index (χ2n) is 1.82. The number of rotatable bonds is 1. The number of hydrogen-bond acceptors (Lipinski definition) is 2. The third-order valence-electron chi connectivity index (χ3n) is 1.14. The first-order valence-electron chi connectivity index (χ1n) is 2.81. The second kappa shape index (κ2) is 3.14. The zero-order valence-electron chi connectivity index (χ0n) is 5.84. The van der Waals surface area contributed by atoms with Gasteiger partial charge in [-0.2, -0.15) is 0 Å². The highest BCUT2D eigenvalue weighted by molar-refractivity contribution is 14.1. The Morgan fingerprint density at radius 3 is 2.80 bits per heavy atom. The quantitative estimate of drug-likeness (QED) is 0.537. The number of ether oxygens (including phenoxy) is 1. The van der Waals surface area contributed by atoms with Crippen molar-refractivity contribution in [3.8, 4) is 5.88 Å². The summed E-state index contributed by atoms with van der Waals surface area (Å²) in [6.45, 7) is 0. The topological polar surface area (TPSA) is 26.0 Å². The Hall–Kier alpha value is -0.390. The molecule has 4 heteroatoms. The van der Waals surface area contributed by atoms with Gasteiger partial charge < -0.3 is 4.74 Å². The Bertz CT molecular complexity index is 239. The Balaban J connectivity index is 3.07. The van der Waals surface area contributed by atoms with Crippen LogP contribution in [0.3, 0.4) is 0 Å². The molecule has 0 atom stereocenters. The molecule has 0 saturated carbocycles. The van der Waals surface area contributed by atoms with Crippen LogP contribution in [0.2, 0.25) is 0 Å². The Morgan fingerprint density at radius 2 is 2.30 bits per heavy atom. The van der Waals surface area contributed by atoms with Gasteiger partial charge in [-0.15, -0.1) is 0 Å². The Labute approximate surface area is 73.2 Å². The van der Waals surface area contributed by atoms with Crippen LogP contribution in [-0.2, 0) is 7.05 Å². The number of hydrogen-bond donors (Lipinski definition) is 0. The van der Waals surface area contributed by atoms with Crippen molar-refractivity contribution in [3.05, 3.63) is 15.8 Å². The van der Waals surface area contributed by atoms with Crippen LogP contribution in [0.15, 0.2) is 12.1 Å². The van der Waals surface area contributed by atoms with Gasteiger partial charge in [-0.3, -0.25) is 0 Å². The molecule has 1 aromatic heterocycles. The smallest absolute Gasteiger partial charge is 0.393 e. The lowest BCUT2D eigenvalue weighted by atomic mass is 10.6. The van der Waals surface area contributed by atoms with Crippen LogP contribution in [0.5, 0.6) is 5.88 Å². The summed E-state index contributed by atoms with van der Waals surface area (Å²) in [5.41, 5.74) is 0. The molecular formula is C6H8IN2O+. The fourth-order valence-electron chi connectivity index (χ4n) is 0.674. The largest absolute Gasteiger partial charge is 0.446 e. The van der Waals surface area contributed by atoms with E-state index in [9.17, 15) is 0 Å². The van der Waals surface area contributed by atoms with Crippen molar-refractivity contribution in [2.45, 2.75) is 0 Å². The zero-order chi connectivity index (χ0) is 7.56.